The lowest BCUT2D eigenvalue weighted by Gasteiger charge is -2.07. The summed E-state index contributed by atoms with van der Waals surface area (Å²) in [6.45, 7) is 1.70. The van der Waals surface area contributed by atoms with Crippen molar-refractivity contribution in [2.24, 2.45) is 5.41 Å². The molecule has 0 radical (unpaired) electrons. The van der Waals surface area contributed by atoms with Crippen LogP contribution >= 0.6 is 0 Å². The number of rotatable bonds is 3. The van der Waals surface area contributed by atoms with Gasteiger partial charge in [-0.3, -0.25) is 4.79 Å². The summed E-state index contributed by atoms with van der Waals surface area (Å²) in [5, 5.41) is 0. The molecular weight excluding hydrogens is 200 g/mol. The molecule has 0 N–H and O–H groups in total. The maximum atomic E-state index is 11.5. The van der Waals surface area contributed by atoms with Gasteiger partial charge in [0.25, 0.3) is 0 Å². The lowest BCUT2D eigenvalue weighted by Crippen LogP contribution is -2.15. The van der Waals surface area contributed by atoms with E-state index in [0.29, 0.717) is 5.78 Å². The van der Waals surface area contributed by atoms with Gasteiger partial charge in [0.2, 0.25) is 0 Å². The molecule has 0 bridgehead atoms. The smallest absolute Gasteiger partial charge is 0.136 e. The number of ketones is 1. The summed E-state index contributed by atoms with van der Waals surface area (Å²) >= 11 is 0. The maximum Gasteiger partial charge on any atom is 0.136 e. The molecule has 16 heavy (non-hydrogen) atoms. The van der Waals surface area contributed by atoms with Gasteiger partial charge < -0.3 is 4.40 Å². The summed E-state index contributed by atoms with van der Waals surface area (Å²) in [5.41, 5.74) is 1.90. The fraction of sp³-hybridized carbons (Fsp3) is 0.385. The second-order valence-electron chi connectivity index (χ2n) is 4.71. The quantitative estimate of drug-likeness (QED) is 0.785. The van der Waals surface area contributed by atoms with Gasteiger partial charge in [-0.15, -0.1) is 0 Å². The molecule has 0 saturated heterocycles. The van der Waals surface area contributed by atoms with Crippen molar-refractivity contribution < 1.29 is 4.79 Å². The van der Waals surface area contributed by atoms with Crippen molar-refractivity contribution in [1.82, 2.24) is 9.38 Å². The topological polar surface area (TPSA) is 34.4 Å². The van der Waals surface area contributed by atoms with E-state index in [4.69, 9.17) is 0 Å². The monoisotopic (exact) mass is 214 g/mol. The number of Topliss-reactive ketones (excluding diaryl/α,β-unsaturated/α-hetero) is 1. The summed E-state index contributed by atoms with van der Waals surface area (Å²) in [5.74, 6) is 0.310. The van der Waals surface area contributed by atoms with Crippen LogP contribution in [-0.2, 0) is 11.2 Å². The standard InChI is InChI=1S/C13H14N2O/c1-10(16)13(5-6-13)8-11-9-15-7-3-2-4-12(15)14-11/h2-4,7,9H,5-6,8H2,1H3. The summed E-state index contributed by atoms with van der Waals surface area (Å²) in [6.07, 6.45) is 6.86. The molecule has 2 aromatic rings. The SMILES string of the molecule is CC(=O)C1(Cc2cn3ccccc3n2)CC1. The van der Waals surface area contributed by atoms with E-state index in [-0.39, 0.29) is 5.41 Å². The second kappa shape index (κ2) is 3.17. The zero-order valence-corrected chi connectivity index (χ0v) is 9.31. The Hall–Kier alpha value is -1.64. The molecule has 1 fully saturated rings. The molecular formula is C13H14N2O. The minimum Gasteiger partial charge on any atom is -0.307 e. The van der Waals surface area contributed by atoms with Crippen LogP contribution < -0.4 is 0 Å². The molecule has 2 aromatic heterocycles. The van der Waals surface area contributed by atoms with Crippen LogP contribution in [0.25, 0.3) is 5.65 Å². The number of imidazole rings is 1. The molecule has 0 spiro atoms. The molecule has 0 unspecified atom stereocenters. The number of carbonyl (C=O) groups excluding carboxylic acids is 1. The van der Waals surface area contributed by atoms with Crippen LogP contribution in [0, 0.1) is 5.41 Å². The first kappa shape index (κ1) is 9.58. The molecule has 82 valence electrons. The Labute approximate surface area is 94.1 Å². The summed E-state index contributed by atoms with van der Waals surface area (Å²) < 4.78 is 2.01. The van der Waals surface area contributed by atoms with Gasteiger partial charge in [-0.1, -0.05) is 6.07 Å². The fourth-order valence-corrected chi connectivity index (χ4v) is 2.22. The highest BCUT2D eigenvalue weighted by Crippen LogP contribution is 2.48. The van der Waals surface area contributed by atoms with Crippen LogP contribution in [0.2, 0.25) is 0 Å². The van der Waals surface area contributed by atoms with E-state index >= 15 is 0 Å². The highest BCUT2D eigenvalue weighted by molar-refractivity contribution is 5.85. The third kappa shape index (κ3) is 1.43. The van der Waals surface area contributed by atoms with Crippen LogP contribution in [0.3, 0.4) is 0 Å². The van der Waals surface area contributed by atoms with Gasteiger partial charge in [-0.25, -0.2) is 4.98 Å². The Bertz CT molecular complexity index is 519. The van der Waals surface area contributed by atoms with Crippen molar-refractivity contribution in [2.75, 3.05) is 0 Å². The first-order valence-electron chi connectivity index (χ1n) is 5.63. The van der Waals surface area contributed by atoms with E-state index in [9.17, 15) is 4.79 Å². The molecule has 1 saturated carbocycles. The van der Waals surface area contributed by atoms with Crippen molar-refractivity contribution in [2.45, 2.75) is 26.2 Å². The minimum atomic E-state index is -0.0854. The van der Waals surface area contributed by atoms with E-state index in [1.807, 2.05) is 35.0 Å². The second-order valence-corrected chi connectivity index (χ2v) is 4.71. The van der Waals surface area contributed by atoms with Crippen LogP contribution in [0.4, 0.5) is 0 Å². The Morgan fingerprint density at radius 2 is 2.31 bits per heavy atom. The fourth-order valence-electron chi connectivity index (χ4n) is 2.22. The van der Waals surface area contributed by atoms with Crippen LogP contribution in [0.15, 0.2) is 30.6 Å². The highest BCUT2D eigenvalue weighted by Gasteiger charge is 2.47. The molecule has 3 rings (SSSR count). The number of hydrogen-bond donors (Lipinski definition) is 0. The normalized spacial score (nSPS) is 17.6. The predicted octanol–water partition coefficient (Wildman–Crippen LogP) is 2.25. The van der Waals surface area contributed by atoms with E-state index in [1.165, 1.54) is 0 Å². The van der Waals surface area contributed by atoms with Gasteiger partial charge in [-0.2, -0.15) is 0 Å². The molecule has 0 aromatic carbocycles. The number of carbonyl (C=O) groups is 1. The zero-order valence-electron chi connectivity index (χ0n) is 9.31. The van der Waals surface area contributed by atoms with Gasteiger partial charge >= 0.3 is 0 Å². The summed E-state index contributed by atoms with van der Waals surface area (Å²) in [7, 11) is 0. The molecule has 0 amide bonds. The highest BCUT2D eigenvalue weighted by atomic mass is 16.1. The predicted molar refractivity (Wildman–Crippen MR) is 61.2 cm³/mol. The average Bonchev–Trinajstić information content (AvgIpc) is 2.92. The molecule has 3 heteroatoms. The van der Waals surface area contributed by atoms with Crippen molar-refractivity contribution >= 4 is 11.4 Å². The Balaban J connectivity index is 1.93. The van der Waals surface area contributed by atoms with E-state index in [2.05, 4.69) is 4.98 Å². The van der Waals surface area contributed by atoms with Crippen molar-refractivity contribution in [3.63, 3.8) is 0 Å². The molecule has 0 atom stereocenters. The van der Waals surface area contributed by atoms with E-state index in [1.54, 1.807) is 6.92 Å². The van der Waals surface area contributed by atoms with Crippen LogP contribution in [0.1, 0.15) is 25.5 Å². The number of aromatic nitrogens is 2. The van der Waals surface area contributed by atoms with Gasteiger partial charge in [0.05, 0.1) is 5.69 Å². The number of hydrogen-bond acceptors (Lipinski definition) is 2. The van der Waals surface area contributed by atoms with Gasteiger partial charge in [0, 0.05) is 24.2 Å². The third-order valence-electron chi connectivity index (χ3n) is 3.53. The summed E-state index contributed by atoms with van der Waals surface area (Å²) in [6, 6.07) is 5.94. The molecule has 2 heterocycles. The van der Waals surface area contributed by atoms with Gasteiger partial charge in [-0.05, 0) is 31.9 Å². The van der Waals surface area contributed by atoms with E-state index < -0.39 is 0 Å². The lowest BCUT2D eigenvalue weighted by molar-refractivity contribution is -0.121. The van der Waals surface area contributed by atoms with Crippen LogP contribution in [-0.4, -0.2) is 15.2 Å². The van der Waals surface area contributed by atoms with Crippen LogP contribution in [0.5, 0.6) is 0 Å². The number of nitrogens with zero attached hydrogens (tertiary/aromatic N) is 2. The minimum absolute atomic E-state index is 0.0854. The third-order valence-corrected chi connectivity index (χ3v) is 3.53. The average molecular weight is 214 g/mol. The number of pyridine rings is 1. The Morgan fingerprint density at radius 3 is 2.94 bits per heavy atom. The molecule has 0 aliphatic heterocycles. The first-order chi connectivity index (χ1) is 7.70. The van der Waals surface area contributed by atoms with E-state index in [0.717, 1.165) is 30.6 Å². The summed E-state index contributed by atoms with van der Waals surface area (Å²) in [4.78, 5) is 16.0. The number of fused-ring (bicyclic) bond motifs is 1. The molecule has 3 nitrogen and oxygen atoms in total. The first-order valence-corrected chi connectivity index (χ1v) is 5.63. The lowest BCUT2D eigenvalue weighted by atomic mass is 9.96. The molecule has 1 aliphatic carbocycles. The zero-order chi connectivity index (χ0) is 11.2. The van der Waals surface area contributed by atoms with Crippen molar-refractivity contribution in [1.29, 1.82) is 0 Å². The Kier molecular flexibility index (Phi) is 1.90. The molecule has 1 aliphatic rings. The maximum absolute atomic E-state index is 11.5. The largest absolute Gasteiger partial charge is 0.307 e. The van der Waals surface area contributed by atoms with Crippen molar-refractivity contribution in [3.8, 4) is 0 Å². The van der Waals surface area contributed by atoms with Crippen molar-refractivity contribution in [3.05, 3.63) is 36.3 Å². The van der Waals surface area contributed by atoms with Gasteiger partial charge in [0.1, 0.15) is 11.4 Å². The van der Waals surface area contributed by atoms with Gasteiger partial charge in [0.15, 0.2) is 0 Å². The Morgan fingerprint density at radius 1 is 1.50 bits per heavy atom.